The average molecular weight is 256 g/mol. The van der Waals surface area contributed by atoms with Gasteiger partial charge in [-0.3, -0.25) is 4.79 Å². The molecule has 94 valence electrons. The number of amides is 1. The molecule has 0 bridgehead atoms. The van der Waals surface area contributed by atoms with E-state index in [1.807, 2.05) is 0 Å². The van der Waals surface area contributed by atoms with Crippen molar-refractivity contribution in [1.82, 2.24) is 5.32 Å². The van der Waals surface area contributed by atoms with Crippen LogP contribution in [-0.2, 0) is 4.79 Å². The molecule has 3 rings (SSSR count). The Morgan fingerprint density at radius 1 is 1.26 bits per heavy atom. The molecular formula is C14H9FN2O2. The van der Waals surface area contributed by atoms with E-state index in [0.29, 0.717) is 17.2 Å². The number of nitrogens with one attached hydrogen (secondary N) is 1. The van der Waals surface area contributed by atoms with Gasteiger partial charge in [0.15, 0.2) is 11.6 Å². The first-order valence-corrected chi connectivity index (χ1v) is 5.63. The molecule has 0 spiro atoms. The number of carbonyl (C=O) groups is 1. The van der Waals surface area contributed by atoms with E-state index in [2.05, 4.69) is 10.3 Å². The fraction of sp³-hybridized carbons (Fsp3) is 0. The molecular weight excluding hydrogens is 247 g/mol. The van der Waals surface area contributed by atoms with Gasteiger partial charge in [0.05, 0.1) is 6.26 Å². The van der Waals surface area contributed by atoms with E-state index in [4.69, 9.17) is 4.42 Å². The first-order valence-electron chi connectivity index (χ1n) is 5.63. The highest BCUT2D eigenvalue weighted by Gasteiger charge is 2.22. The molecule has 1 aromatic heterocycles. The quantitative estimate of drug-likeness (QED) is 0.838. The lowest BCUT2D eigenvalue weighted by Gasteiger charge is -1.94. The van der Waals surface area contributed by atoms with Crippen molar-refractivity contribution in [2.24, 2.45) is 4.99 Å². The lowest BCUT2D eigenvalue weighted by atomic mass is 10.2. The highest BCUT2D eigenvalue weighted by molar-refractivity contribution is 6.18. The molecule has 1 amide bonds. The van der Waals surface area contributed by atoms with Crippen LogP contribution < -0.4 is 5.32 Å². The summed E-state index contributed by atoms with van der Waals surface area (Å²) in [5.41, 5.74) is 0.798. The van der Waals surface area contributed by atoms with Crippen LogP contribution in [0.4, 0.5) is 4.39 Å². The lowest BCUT2D eigenvalue weighted by molar-refractivity contribution is -0.115. The highest BCUT2D eigenvalue weighted by atomic mass is 19.1. The van der Waals surface area contributed by atoms with E-state index >= 15 is 0 Å². The van der Waals surface area contributed by atoms with Crippen LogP contribution in [0.25, 0.3) is 6.08 Å². The van der Waals surface area contributed by atoms with Gasteiger partial charge in [-0.05, 0) is 35.9 Å². The molecule has 0 saturated heterocycles. The summed E-state index contributed by atoms with van der Waals surface area (Å²) in [6.07, 6.45) is 3.02. The third kappa shape index (κ3) is 2.30. The van der Waals surface area contributed by atoms with Crippen molar-refractivity contribution in [3.8, 4) is 0 Å². The van der Waals surface area contributed by atoms with Crippen LogP contribution in [0.15, 0.2) is 57.8 Å². The monoisotopic (exact) mass is 256 g/mol. The van der Waals surface area contributed by atoms with Crippen molar-refractivity contribution in [3.63, 3.8) is 0 Å². The van der Waals surface area contributed by atoms with E-state index < -0.39 is 0 Å². The Balaban J connectivity index is 1.95. The number of aliphatic imine (C=N–C) groups is 1. The largest absolute Gasteiger partial charge is 0.461 e. The number of halogens is 1. The maximum Gasteiger partial charge on any atom is 0.275 e. The lowest BCUT2D eigenvalue weighted by Crippen LogP contribution is -2.24. The van der Waals surface area contributed by atoms with E-state index in [-0.39, 0.29) is 17.4 Å². The minimum Gasteiger partial charge on any atom is -0.461 e. The van der Waals surface area contributed by atoms with Gasteiger partial charge in [0, 0.05) is 0 Å². The summed E-state index contributed by atoms with van der Waals surface area (Å²) in [4.78, 5) is 15.9. The Morgan fingerprint density at radius 2 is 2.16 bits per heavy atom. The number of rotatable bonds is 2. The maximum atomic E-state index is 13.1. The van der Waals surface area contributed by atoms with E-state index in [9.17, 15) is 9.18 Å². The Kier molecular flexibility index (Phi) is 2.72. The highest BCUT2D eigenvalue weighted by Crippen LogP contribution is 2.15. The Hall–Kier alpha value is -2.69. The van der Waals surface area contributed by atoms with Gasteiger partial charge in [-0.1, -0.05) is 12.1 Å². The third-order valence-corrected chi connectivity index (χ3v) is 2.60. The zero-order valence-electron chi connectivity index (χ0n) is 9.76. The van der Waals surface area contributed by atoms with Gasteiger partial charge >= 0.3 is 0 Å². The van der Waals surface area contributed by atoms with Gasteiger partial charge < -0.3 is 9.73 Å². The summed E-state index contributed by atoms with van der Waals surface area (Å²) in [6.45, 7) is 0. The summed E-state index contributed by atoms with van der Waals surface area (Å²) in [5, 5.41) is 2.60. The standard InChI is InChI=1S/C14H9FN2O2/c15-10-4-1-3-9(7-10)8-11-14(18)17-13(16-11)12-5-2-6-19-12/h1-8H,(H,16,17,18)/b11-8+. The summed E-state index contributed by atoms with van der Waals surface area (Å²) < 4.78 is 18.2. The number of carbonyl (C=O) groups excluding carboxylic acids is 1. The van der Waals surface area contributed by atoms with Crippen LogP contribution in [0.5, 0.6) is 0 Å². The molecule has 0 fully saturated rings. The fourth-order valence-corrected chi connectivity index (χ4v) is 1.75. The number of hydrogen-bond acceptors (Lipinski definition) is 3. The van der Waals surface area contributed by atoms with E-state index in [1.54, 1.807) is 24.3 Å². The Bertz CT molecular complexity index is 687. The Morgan fingerprint density at radius 3 is 2.89 bits per heavy atom. The second kappa shape index (κ2) is 4.53. The SMILES string of the molecule is O=C1NC(c2ccco2)=N/C1=C/c1cccc(F)c1. The van der Waals surface area contributed by atoms with Gasteiger partial charge in [-0.25, -0.2) is 9.38 Å². The summed E-state index contributed by atoms with van der Waals surface area (Å²) >= 11 is 0. The Labute approximate surface area is 108 Å². The first kappa shape index (κ1) is 11.4. The van der Waals surface area contributed by atoms with Gasteiger partial charge in [0.2, 0.25) is 0 Å². The van der Waals surface area contributed by atoms with Gasteiger partial charge in [0.1, 0.15) is 11.5 Å². The number of amidine groups is 1. The topological polar surface area (TPSA) is 54.6 Å². The summed E-state index contributed by atoms with van der Waals surface area (Å²) in [5.74, 6) is 0.146. The van der Waals surface area contributed by atoms with Gasteiger partial charge in [-0.15, -0.1) is 0 Å². The molecule has 1 aliphatic rings. The molecule has 19 heavy (non-hydrogen) atoms. The minimum absolute atomic E-state index is 0.219. The van der Waals surface area contributed by atoms with Crippen LogP contribution in [0.1, 0.15) is 11.3 Å². The second-order valence-corrected chi connectivity index (χ2v) is 3.98. The predicted octanol–water partition coefficient (Wildman–Crippen LogP) is 2.34. The van der Waals surface area contributed by atoms with Crippen LogP contribution in [0.2, 0.25) is 0 Å². The zero-order chi connectivity index (χ0) is 13.2. The van der Waals surface area contributed by atoms with Gasteiger partial charge in [0.25, 0.3) is 5.91 Å². The maximum absolute atomic E-state index is 13.1. The van der Waals surface area contributed by atoms with Crippen molar-refractivity contribution in [3.05, 3.63) is 65.5 Å². The van der Waals surface area contributed by atoms with Crippen LogP contribution >= 0.6 is 0 Å². The molecule has 2 heterocycles. The summed E-state index contributed by atoms with van der Waals surface area (Å²) in [6, 6.07) is 9.35. The number of furan rings is 1. The molecule has 0 aliphatic carbocycles. The minimum atomic E-state index is -0.358. The normalized spacial score (nSPS) is 16.6. The van der Waals surface area contributed by atoms with Crippen LogP contribution in [-0.4, -0.2) is 11.7 Å². The molecule has 1 N–H and O–H groups in total. The van der Waals surface area contributed by atoms with E-state index in [1.165, 1.54) is 24.5 Å². The number of hydrogen-bond donors (Lipinski definition) is 1. The molecule has 5 heteroatoms. The number of benzene rings is 1. The van der Waals surface area contributed by atoms with Crippen molar-refractivity contribution in [2.75, 3.05) is 0 Å². The summed E-state index contributed by atoms with van der Waals surface area (Å²) in [7, 11) is 0. The second-order valence-electron chi connectivity index (χ2n) is 3.98. The fourth-order valence-electron chi connectivity index (χ4n) is 1.75. The van der Waals surface area contributed by atoms with E-state index in [0.717, 1.165) is 0 Å². The van der Waals surface area contributed by atoms with Crippen molar-refractivity contribution in [1.29, 1.82) is 0 Å². The van der Waals surface area contributed by atoms with Crippen molar-refractivity contribution < 1.29 is 13.6 Å². The van der Waals surface area contributed by atoms with Crippen molar-refractivity contribution in [2.45, 2.75) is 0 Å². The molecule has 0 saturated carbocycles. The zero-order valence-corrected chi connectivity index (χ0v) is 9.76. The van der Waals surface area contributed by atoms with Crippen LogP contribution in [0.3, 0.4) is 0 Å². The molecule has 0 radical (unpaired) electrons. The molecule has 0 unspecified atom stereocenters. The third-order valence-electron chi connectivity index (χ3n) is 2.60. The number of nitrogens with zero attached hydrogens (tertiary/aromatic N) is 1. The van der Waals surface area contributed by atoms with Crippen molar-refractivity contribution >= 4 is 17.8 Å². The first-order chi connectivity index (χ1) is 9.22. The molecule has 2 aromatic rings. The van der Waals surface area contributed by atoms with Crippen LogP contribution in [0, 0.1) is 5.82 Å². The molecule has 0 atom stereocenters. The predicted molar refractivity (Wildman–Crippen MR) is 67.8 cm³/mol. The average Bonchev–Trinajstić information content (AvgIpc) is 3.00. The molecule has 4 nitrogen and oxygen atoms in total. The molecule has 1 aliphatic heterocycles. The smallest absolute Gasteiger partial charge is 0.275 e. The van der Waals surface area contributed by atoms with Gasteiger partial charge in [-0.2, -0.15) is 0 Å². The molecule has 1 aromatic carbocycles.